The van der Waals surface area contributed by atoms with Gasteiger partial charge in [-0.1, -0.05) is 29.7 Å². The topological polar surface area (TPSA) is 99.9 Å². The molecule has 0 fully saturated rings. The van der Waals surface area contributed by atoms with Crippen LogP contribution in [0.3, 0.4) is 0 Å². The van der Waals surface area contributed by atoms with Gasteiger partial charge in [0.25, 0.3) is 0 Å². The predicted molar refractivity (Wildman–Crippen MR) is 106 cm³/mol. The number of halogens is 1. The minimum absolute atomic E-state index is 0.0305. The highest BCUT2D eigenvalue weighted by Crippen LogP contribution is 2.41. The molecule has 1 aliphatic heterocycles. The zero-order valence-corrected chi connectivity index (χ0v) is 16.7. The molecule has 28 heavy (non-hydrogen) atoms. The molecule has 0 amide bonds. The van der Waals surface area contributed by atoms with Crippen molar-refractivity contribution in [2.24, 2.45) is 5.73 Å². The zero-order chi connectivity index (χ0) is 24.2. The first-order valence-electron chi connectivity index (χ1n) is 10.6. The molecule has 0 saturated carbocycles. The quantitative estimate of drug-likeness (QED) is 0.499. The molecule has 1 aliphatic rings. The molecule has 3 N–H and O–H groups in total. The molecular formula is C20H25ClN2O5. The molecular weight excluding hydrogens is 384 g/mol. The van der Waals surface area contributed by atoms with Crippen LogP contribution in [-0.2, 0) is 23.8 Å². The normalized spacial score (nSPS) is 18.7. The van der Waals surface area contributed by atoms with Crippen molar-refractivity contribution in [3.05, 3.63) is 57.3 Å². The molecule has 1 aromatic rings. The summed E-state index contributed by atoms with van der Waals surface area (Å²) in [7, 11) is 1.16. The van der Waals surface area contributed by atoms with E-state index in [0.717, 1.165) is 7.11 Å². The van der Waals surface area contributed by atoms with Crippen LogP contribution in [0.2, 0.25) is 5.02 Å². The summed E-state index contributed by atoms with van der Waals surface area (Å²) in [6, 6.07) is -2.07. The number of rotatable bonds is 8. The average Bonchev–Trinajstić information content (AvgIpc) is 2.76. The Morgan fingerprint density at radius 2 is 2.00 bits per heavy atom. The van der Waals surface area contributed by atoms with Crippen molar-refractivity contribution in [2.45, 2.75) is 19.8 Å². The summed E-state index contributed by atoms with van der Waals surface area (Å²) in [6.07, 6.45) is 0. The Morgan fingerprint density at radius 3 is 2.64 bits per heavy atom. The highest BCUT2D eigenvalue weighted by Gasteiger charge is 2.39. The lowest BCUT2D eigenvalue weighted by atomic mass is 9.80. The number of dihydropyridines is 1. The van der Waals surface area contributed by atoms with E-state index in [-0.39, 0.29) is 53.8 Å². The Balaban J connectivity index is 2.90. The van der Waals surface area contributed by atoms with Crippen molar-refractivity contribution in [1.29, 1.82) is 0 Å². The lowest BCUT2D eigenvalue weighted by molar-refractivity contribution is -0.139. The molecule has 0 aliphatic carbocycles. The van der Waals surface area contributed by atoms with Crippen LogP contribution < -0.4 is 11.1 Å². The van der Waals surface area contributed by atoms with Gasteiger partial charge in [-0.25, -0.2) is 9.59 Å². The fourth-order valence-corrected chi connectivity index (χ4v) is 3.10. The fourth-order valence-electron chi connectivity index (χ4n) is 2.89. The van der Waals surface area contributed by atoms with Gasteiger partial charge in [-0.05, 0) is 25.5 Å². The number of nitrogens with two attached hydrogens (primary N) is 1. The number of allylic oxidation sites excluding steroid dienone is 1. The first-order valence-corrected chi connectivity index (χ1v) is 8.99. The van der Waals surface area contributed by atoms with Crippen LogP contribution in [0.5, 0.6) is 0 Å². The van der Waals surface area contributed by atoms with Gasteiger partial charge in [0.05, 0.1) is 55.2 Å². The summed E-state index contributed by atoms with van der Waals surface area (Å²) in [5.41, 5.74) is 5.80. The monoisotopic (exact) mass is 412 g/mol. The molecule has 0 aromatic heterocycles. The third-order valence-electron chi connectivity index (χ3n) is 4.01. The number of esters is 2. The van der Waals surface area contributed by atoms with Crippen LogP contribution in [0, 0.1) is 0 Å². The van der Waals surface area contributed by atoms with Crippen LogP contribution in [-0.4, -0.2) is 45.4 Å². The van der Waals surface area contributed by atoms with E-state index in [1.165, 1.54) is 0 Å². The van der Waals surface area contributed by atoms with E-state index >= 15 is 0 Å². The second-order valence-electron chi connectivity index (χ2n) is 5.77. The number of carbonyl (C=O) groups is 2. The van der Waals surface area contributed by atoms with Crippen molar-refractivity contribution in [3.8, 4) is 0 Å². The molecule has 0 saturated heterocycles. The number of methoxy groups -OCH3 is 1. The summed E-state index contributed by atoms with van der Waals surface area (Å²) in [4.78, 5) is 25.8. The lowest BCUT2D eigenvalue weighted by Gasteiger charge is -2.31. The number of hydrogen-bond acceptors (Lipinski definition) is 7. The molecule has 0 bridgehead atoms. The summed E-state index contributed by atoms with van der Waals surface area (Å²) in [5.74, 6) is -2.88. The van der Waals surface area contributed by atoms with E-state index in [4.69, 9.17) is 37.0 Å². The van der Waals surface area contributed by atoms with Gasteiger partial charge in [-0.3, -0.25) is 0 Å². The van der Waals surface area contributed by atoms with E-state index in [1.54, 1.807) is 13.8 Å². The summed E-state index contributed by atoms with van der Waals surface area (Å²) in [6.45, 7) is 3.57. The maximum Gasteiger partial charge on any atom is 0.336 e. The van der Waals surface area contributed by atoms with E-state index < -0.39 is 42.0 Å². The van der Waals surface area contributed by atoms with Gasteiger partial charge < -0.3 is 25.3 Å². The van der Waals surface area contributed by atoms with E-state index in [0.29, 0.717) is 5.70 Å². The molecule has 1 atom stereocenters. The lowest BCUT2D eigenvalue weighted by Crippen LogP contribution is -2.35. The van der Waals surface area contributed by atoms with Crippen LogP contribution in [0.4, 0.5) is 0 Å². The predicted octanol–water partition coefficient (Wildman–Crippen LogP) is 2.27. The maximum absolute atomic E-state index is 13.0. The second-order valence-corrected chi connectivity index (χ2v) is 6.15. The molecule has 8 heteroatoms. The van der Waals surface area contributed by atoms with Crippen LogP contribution in [0.25, 0.3) is 0 Å². The fraction of sp³-hybridized carbons (Fsp3) is 0.400. The van der Waals surface area contributed by atoms with E-state index in [2.05, 4.69) is 5.32 Å². The SMILES string of the molecule is [2H]c1c([2H])c([2H])c(C2C(C(=O)OC)=C(C)NC(COCCN)=C2C(=O)OCC)c(Cl)c1[2H]. The molecule has 1 unspecified atom stereocenters. The minimum atomic E-state index is -1.28. The molecule has 1 heterocycles. The third-order valence-corrected chi connectivity index (χ3v) is 4.31. The summed E-state index contributed by atoms with van der Waals surface area (Å²) in [5, 5.41) is 2.65. The number of nitrogens with one attached hydrogen (secondary N) is 1. The number of ether oxygens (including phenoxy) is 3. The van der Waals surface area contributed by atoms with Crippen LogP contribution in [0.1, 0.15) is 30.8 Å². The largest absolute Gasteiger partial charge is 0.466 e. The summed E-state index contributed by atoms with van der Waals surface area (Å²) < 4.78 is 48.1. The Kier molecular flexibility index (Phi) is 6.08. The zero-order valence-electron chi connectivity index (χ0n) is 19.9. The Hall–Kier alpha value is -2.35. The van der Waals surface area contributed by atoms with Crippen LogP contribution >= 0.6 is 11.6 Å². The molecule has 152 valence electrons. The van der Waals surface area contributed by atoms with Gasteiger partial charge in [0.15, 0.2) is 0 Å². The standard InChI is InChI=1S/C20H25ClN2O5/c1-4-28-20(25)18-15(11-27-10-9-22)23-12(2)16(19(24)26-3)17(18)13-7-5-6-8-14(13)21/h5-8,17,23H,4,9-11,22H2,1-3H3/i5D,6D,7D,8D. The maximum atomic E-state index is 13.0. The number of carbonyl (C=O) groups excluding carboxylic acids is 2. The molecule has 0 radical (unpaired) electrons. The van der Waals surface area contributed by atoms with E-state index in [9.17, 15) is 9.59 Å². The molecule has 0 spiro atoms. The highest BCUT2D eigenvalue weighted by atomic mass is 35.5. The van der Waals surface area contributed by atoms with Crippen molar-refractivity contribution < 1.29 is 29.3 Å². The Labute approximate surface area is 175 Å². The van der Waals surface area contributed by atoms with Crippen LogP contribution in [0.15, 0.2) is 46.7 Å². The molecule has 2 rings (SSSR count). The van der Waals surface area contributed by atoms with Crippen molar-refractivity contribution in [1.82, 2.24) is 5.32 Å². The van der Waals surface area contributed by atoms with Gasteiger partial charge >= 0.3 is 11.9 Å². The first-order chi connectivity index (χ1) is 15.1. The Bertz CT molecular complexity index is 968. The number of hydrogen-bond donors (Lipinski definition) is 2. The van der Waals surface area contributed by atoms with Crippen molar-refractivity contribution in [3.63, 3.8) is 0 Å². The van der Waals surface area contributed by atoms with Crippen molar-refractivity contribution >= 4 is 23.5 Å². The smallest absolute Gasteiger partial charge is 0.336 e. The van der Waals surface area contributed by atoms with Gasteiger partial charge in [-0.15, -0.1) is 0 Å². The van der Waals surface area contributed by atoms with Gasteiger partial charge in [0.1, 0.15) is 0 Å². The molecule has 7 nitrogen and oxygen atoms in total. The average molecular weight is 413 g/mol. The summed E-state index contributed by atoms with van der Waals surface area (Å²) >= 11 is 6.36. The third kappa shape index (κ3) is 4.73. The van der Waals surface area contributed by atoms with Gasteiger partial charge in [-0.2, -0.15) is 0 Å². The second kappa shape index (κ2) is 10.3. The van der Waals surface area contributed by atoms with Gasteiger partial charge in [0.2, 0.25) is 0 Å². The van der Waals surface area contributed by atoms with Crippen molar-refractivity contribution in [2.75, 3.05) is 33.5 Å². The minimum Gasteiger partial charge on any atom is -0.466 e. The highest BCUT2D eigenvalue weighted by molar-refractivity contribution is 6.31. The Morgan fingerprint density at radius 1 is 1.29 bits per heavy atom. The molecule has 1 aromatic carbocycles. The number of benzene rings is 1. The first kappa shape index (κ1) is 16.6. The van der Waals surface area contributed by atoms with Gasteiger partial charge in [0, 0.05) is 17.3 Å². The van der Waals surface area contributed by atoms with E-state index in [1.807, 2.05) is 0 Å².